The van der Waals surface area contributed by atoms with Crippen LogP contribution in [-0.4, -0.2) is 25.1 Å². The summed E-state index contributed by atoms with van der Waals surface area (Å²) < 4.78 is 27.5. The van der Waals surface area contributed by atoms with E-state index >= 15 is 0 Å². The highest BCUT2D eigenvalue weighted by atomic mass is 32.2. The molecule has 150 valence electrons. The third-order valence-electron chi connectivity index (χ3n) is 5.25. The lowest BCUT2D eigenvalue weighted by Crippen LogP contribution is -2.35. The first kappa shape index (κ1) is 19.8. The van der Waals surface area contributed by atoms with E-state index in [0.717, 1.165) is 21.6 Å². The molecule has 1 aromatic heterocycles. The number of thiophene rings is 1. The second-order valence-corrected chi connectivity index (χ2v) is 10.4. The molecule has 1 aliphatic heterocycles. The molecule has 29 heavy (non-hydrogen) atoms. The second kappa shape index (κ2) is 7.40. The molecule has 0 saturated heterocycles. The zero-order chi connectivity index (χ0) is 20.8. The quantitative estimate of drug-likeness (QED) is 0.641. The fraction of sp³-hybridized carbons (Fsp3) is 0.227. The Labute approximate surface area is 174 Å². The van der Waals surface area contributed by atoms with E-state index in [1.54, 1.807) is 36.4 Å². The molecular formula is C22H22N2O3S2. The summed E-state index contributed by atoms with van der Waals surface area (Å²) in [6.07, 6.45) is 0.473. The Morgan fingerprint density at radius 1 is 1.00 bits per heavy atom. The molecule has 0 aliphatic carbocycles. The van der Waals surface area contributed by atoms with Crippen LogP contribution in [-0.2, 0) is 23.0 Å². The molecule has 0 saturated carbocycles. The summed E-state index contributed by atoms with van der Waals surface area (Å²) in [6, 6.07) is 14.3. The Morgan fingerprint density at radius 2 is 1.59 bits per heavy atom. The average Bonchev–Trinajstić information content (AvgIpc) is 3.03. The van der Waals surface area contributed by atoms with Crippen molar-refractivity contribution in [2.45, 2.75) is 31.7 Å². The summed E-state index contributed by atoms with van der Waals surface area (Å²) in [7, 11) is -3.59. The van der Waals surface area contributed by atoms with Gasteiger partial charge in [-0.2, -0.15) is 4.31 Å². The Kier molecular flexibility index (Phi) is 5.06. The fourth-order valence-corrected chi connectivity index (χ4v) is 6.19. The second-order valence-electron chi connectivity index (χ2n) is 7.34. The van der Waals surface area contributed by atoms with Gasteiger partial charge in [0.2, 0.25) is 10.0 Å². The number of hydrogen-bond acceptors (Lipinski definition) is 5. The maximum atomic E-state index is 13.0. The number of carbonyl (C=O) groups excluding carboxylic acids is 1. The SMILES string of the molecule is Cc1ccc(C(=O)c2c(N)sc3c2CCN(S(=O)(=O)c2ccc(C)cc2)C3)cc1. The van der Waals surface area contributed by atoms with Gasteiger partial charge >= 0.3 is 0 Å². The van der Waals surface area contributed by atoms with Crippen molar-refractivity contribution in [3.63, 3.8) is 0 Å². The van der Waals surface area contributed by atoms with Crippen molar-refractivity contribution >= 4 is 32.1 Å². The van der Waals surface area contributed by atoms with Gasteiger partial charge in [0.15, 0.2) is 5.78 Å². The topological polar surface area (TPSA) is 80.5 Å². The molecule has 5 nitrogen and oxygen atoms in total. The van der Waals surface area contributed by atoms with Crippen LogP contribution < -0.4 is 5.73 Å². The zero-order valence-electron chi connectivity index (χ0n) is 16.3. The summed E-state index contributed by atoms with van der Waals surface area (Å²) in [6.45, 7) is 4.46. The molecule has 3 aromatic rings. The number of hydrogen-bond donors (Lipinski definition) is 1. The van der Waals surface area contributed by atoms with E-state index in [4.69, 9.17) is 5.73 Å². The van der Waals surface area contributed by atoms with Gasteiger partial charge in [0.1, 0.15) is 0 Å². The fourth-order valence-electron chi connectivity index (χ4n) is 3.56. The van der Waals surface area contributed by atoms with Crippen molar-refractivity contribution in [1.82, 2.24) is 4.31 Å². The van der Waals surface area contributed by atoms with Crippen molar-refractivity contribution < 1.29 is 13.2 Å². The lowest BCUT2D eigenvalue weighted by molar-refractivity contribution is 0.103. The van der Waals surface area contributed by atoms with E-state index in [-0.39, 0.29) is 17.2 Å². The van der Waals surface area contributed by atoms with Crippen molar-refractivity contribution in [2.24, 2.45) is 0 Å². The van der Waals surface area contributed by atoms with Gasteiger partial charge in [0.25, 0.3) is 0 Å². The molecular weight excluding hydrogens is 404 g/mol. The lowest BCUT2D eigenvalue weighted by atomic mass is 9.96. The molecule has 7 heteroatoms. The Hall–Kier alpha value is -2.48. The molecule has 2 N–H and O–H groups in total. The molecule has 2 heterocycles. The van der Waals surface area contributed by atoms with Crippen LogP contribution in [0.4, 0.5) is 5.00 Å². The van der Waals surface area contributed by atoms with Crippen LogP contribution in [0.5, 0.6) is 0 Å². The number of nitrogens with two attached hydrogens (primary N) is 1. The average molecular weight is 427 g/mol. The molecule has 4 rings (SSSR count). The number of nitrogens with zero attached hydrogens (tertiary/aromatic N) is 1. The zero-order valence-corrected chi connectivity index (χ0v) is 17.9. The number of aryl methyl sites for hydroxylation is 2. The molecule has 2 aromatic carbocycles. The molecule has 0 amide bonds. The highest BCUT2D eigenvalue weighted by Crippen LogP contribution is 2.38. The minimum Gasteiger partial charge on any atom is -0.390 e. The number of rotatable bonds is 4. The van der Waals surface area contributed by atoms with Gasteiger partial charge in [-0.05, 0) is 38.0 Å². The van der Waals surface area contributed by atoms with Crippen LogP contribution in [0.3, 0.4) is 0 Å². The number of fused-ring (bicyclic) bond motifs is 1. The van der Waals surface area contributed by atoms with E-state index in [9.17, 15) is 13.2 Å². The standard InChI is InChI=1S/C22H22N2O3S2/c1-14-3-7-16(8-4-14)21(25)20-18-11-12-24(13-19(18)28-22(20)23)29(26,27)17-9-5-15(2)6-10-17/h3-10H,11-13,23H2,1-2H3. The van der Waals surface area contributed by atoms with Gasteiger partial charge in [0.05, 0.1) is 15.5 Å². The third-order valence-corrected chi connectivity index (χ3v) is 8.15. The van der Waals surface area contributed by atoms with Gasteiger partial charge < -0.3 is 5.73 Å². The summed E-state index contributed by atoms with van der Waals surface area (Å²) in [5, 5.41) is 0.454. The van der Waals surface area contributed by atoms with E-state index in [0.29, 0.717) is 29.1 Å². The van der Waals surface area contributed by atoms with Crippen molar-refractivity contribution in [3.05, 3.63) is 81.2 Å². The van der Waals surface area contributed by atoms with Gasteiger partial charge in [-0.3, -0.25) is 4.79 Å². The van der Waals surface area contributed by atoms with E-state index < -0.39 is 10.0 Å². The van der Waals surface area contributed by atoms with E-state index in [1.165, 1.54) is 15.6 Å². The first-order valence-electron chi connectivity index (χ1n) is 9.35. The minimum absolute atomic E-state index is 0.102. The van der Waals surface area contributed by atoms with Crippen LogP contribution >= 0.6 is 11.3 Å². The normalized spacial score (nSPS) is 14.6. The molecule has 1 aliphatic rings. The molecule has 0 fully saturated rings. The van der Waals surface area contributed by atoms with Gasteiger partial charge in [-0.1, -0.05) is 47.5 Å². The van der Waals surface area contributed by atoms with Crippen LogP contribution in [0.1, 0.15) is 37.5 Å². The molecule has 0 spiro atoms. The first-order valence-corrected chi connectivity index (χ1v) is 11.6. The van der Waals surface area contributed by atoms with Crippen LogP contribution in [0.25, 0.3) is 0 Å². The summed E-state index contributed by atoms with van der Waals surface area (Å²) in [4.78, 5) is 14.2. The molecule has 0 radical (unpaired) electrons. The largest absolute Gasteiger partial charge is 0.390 e. The number of anilines is 1. The molecule has 0 bridgehead atoms. The minimum atomic E-state index is -3.59. The number of benzene rings is 2. The lowest BCUT2D eigenvalue weighted by Gasteiger charge is -2.26. The maximum absolute atomic E-state index is 13.0. The van der Waals surface area contributed by atoms with E-state index in [1.807, 2.05) is 26.0 Å². The smallest absolute Gasteiger partial charge is 0.243 e. The van der Waals surface area contributed by atoms with Gasteiger partial charge in [0, 0.05) is 23.5 Å². The van der Waals surface area contributed by atoms with Crippen molar-refractivity contribution in [3.8, 4) is 0 Å². The summed E-state index contributed by atoms with van der Waals surface area (Å²) in [5.74, 6) is -0.102. The number of nitrogen functional groups attached to an aromatic ring is 1. The van der Waals surface area contributed by atoms with Gasteiger partial charge in [-0.25, -0.2) is 8.42 Å². The Balaban J connectivity index is 1.65. The molecule has 0 unspecified atom stereocenters. The number of sulfonamides is 1. The van der Waals surface area contributed by atoms with Gasteiger partial charge in [-0.15, -0.1) is 11.3 Å². The maximum Gasteiger partial charge on any atom is 0.243 e. The highest BCUT2D eigenvalue weighted by molar-refractivity contribution is 7.89. The summed E-state index contributed by atoms with van der Waals surface area (Å²) >= 11 is 1.31. The Morgan fingerprint density at radius 3 is 2.21 bits per heavy atom. The van der Waals surface area contributed by atoms with Crippen molar-refractivity contribution in [2.75, 3.05) is 12.3 Å². The molecule has 0 atom stereocenters. The van der Waals surface area contributed by atoms with Crippen LogP contribution in [0.15, 0.2) is 53.4 Å². The van der Waals surface area contributed by atoms with E-state index in [2.05, 4.69) is 0 Å². The predicted octanol–water partition coefficient (Wildman–Crippen LogP) is 3.93. The van der Waals surface area contributed by atoms with Crippen molar-refractivity contribution in [1.29, 1.82) is 0 Å². The number of carbonyl (C=O) groups is 1. The highest BCUT2D eigenvalue weighted by Gasteiger charge is 2.33. The third kappa shape index (κ3) is 3.61. The van der Waals surface area contributed by atoms with Crippen LogP contribution in [0.2, 0.25) is 0 Å². The number of ketones is 1. The predicted molar refractivity (Wildman–Crippen MR) is 116 cm³/mol. The van der Waals surface area contributed by atoms with Crippen LogP contribution in [0, 0.1) is 13.8 Å². The Bertz CT molecular complexity index is 1180. The summed E-state index contributed by atoms with van der Waals surface area (Å²) in [5.41, 5.74) is 10.3. The first-order chi connectivity index (χ1) is 13.8. The monoisotopic (exact) mass is 426 g/mol.